The molecule has 0 aliphatic rings. The highest BCUT2D eigenvalue weighted by Gasteiger charge is 2.15. The Morgan fingerprint density at radius 3 is 2.74 bits per heavy atom. The van der Waals surface area contributed by atoms with E-state index in [9.17, 15) is 4.79 Å². The molecule has 0 aliphatic carbocycles. The van der Waals surface area contributed by atoms with E-state index in [1.165, 1.54) is 7.11 Å². The lowest BCUT2D eigenvalue weighted by Gasteiger charge is -2.21. The van der Waals surface area contributed by atoms with Gasteiger partial charge in [-0.25, -0.2) is 0 Å². The number of hydrogen-bond donors (Lipinski definition) is 1. The Labute approximate surface area is 113 Å². The monoisotopic (exact) mass is 264 g/mol. The van der Waals surface area contributed by atoms with Crippen LogP contribution in [0.3, 0.4) is 0 Å². The summed E-state index contributed by atoms with van der Waals surface area (Å²) < 4.78 is 10.1. The number of nitrogens with two attached hydrogens (primary N) is 1. The third-order valence-electron chi connectivity index (χ3n) is 2.68. The van der Waals surface area contributed by atoms with Crippen molar-refractivity contribution in [2.24, 2.45) is 0 Å². The van der Waals surface area contributed by atoms with Gasteiger partial charge in [-0.1, -0.05) is 6.08 Å². The van der Waals surface area contributed by atoms with Gasteiger partial charge in [-0.15, -0.1) is 6.58 Å². The van der Waals surface area contributed by atoms with E-state index in [1.54, 1.807) is 36.3 Å². The van der Waals surface area contributed by atoms with Crippen LogP contribution in [0, 0.1) is 0 Å². The number of hydrogen-bond acceptors (Lipinski definition) is 4. The van der Waals surface area contributed by atoms with E-state index in [1.807, 2.05) is 0 Å². The van der Waals surface area contributed by atoms with Crippen molar-refractivity contribution in [3.05, 3.63) is 36.4 Å². The van der Waals surface area contributed by atoms with Gasteiger partial charge in [-0.05, 0) is 18.2 Å². The van der Waals surface area contributed by atoms with Gasteiger partial charge in [0, 0.05) is 25.8 Å². The van der Waals surface area contributed by atoms with Crippen LogP contribution in [-0.4, -0.2) is 44.7 Å². The highest BCUT2D eigenvalue weighted by molar-refractivity contribution is 5.95. The van der Waals surface area contributed by atoms with Crippen molar-refractivity contribution >= 4 is 11.6 Å². The average Bonchev–Trinajstić information content (AvgIpc) is 2.42. The molecule has 0 bridgehead atoms. The first-order chi connectivity index (χ1) is 9.13. The zero-order valence-corrected chi connectivity index (χ0v) is 11.4. The molecule has 0 atom stereocenters. The molecule has 0 radical (unpaired) electrons. The van der Waals surface area contributed by atoms with Crippen molar-refractivity contribution in [1.82, 2.24) is 4.90 Å². The van der Waals surface area contributed by atoms with Crippen molar-refractivity contribution in [3.63, 3.8) is 0 Å². The molecule has 1 amide bonds. The van der Waals surface area contributed by atoms with Gasteiger partial charge in [0.15, 0.2) is 0 Å². The number of ether oxygens (including phenoxy) is 2. The molecule has 0 spiro atoms. The smallest absolute Gasteiger partial charge is 0.254 e. The van der Waals surface area contributed by atoms with Gasteiger partial charge in [-0.2, -0.15) is 0 Å². The summed E-state index contributed by atoms with van der Waals surface area (Å²) in [5.74, 6) is 0.454. The molecule has 1 aromatic carbocycles. The average molecular weight is 264 g/mol. The second-order valence-electron chi connectivity index (χ2n) is 3.99. The number of benzene rings is 1. The van der Waals surface area contributed by atoms with Gasteiger partial charge in [0.1, 0.15) is 5.75 Å². The van der Waals surface area contributed by atoms with Gasteiger partial charge < -0.3 is 20.1 Å². The highest BCUT2D eigenvalue weighted by Crippen LogP contribution is 2.22. The van der Waals surface area contributed by atoms with Crippen molar-refractivity contribution in [2.75, 3.05) is 39.6 Å². The fourth-order valence-electron chi connectivity index (χ4n) is 1.68. The standard InChI is InChI=1S/C14H20N2O3/c1-4-7-16(8-9-18-2)14(17)11-5-6-13(19-3)12(15)10-11/h4-6,10H,1,7-9,15H2,2-3H3. The zero-order valence-electron chi connectivity index (χ0n) is 11.4. The summed E-state index contributed by atoms with van der Waals surface area (Å²) in [6.07, 6.45) is 1.68. The Morgan fingerprint density at radius 1 is 1.47 bits per heavy atom. The number of nitrogen functional groups attached to an aromatic ring is 1. The lowest BCUT2D eigenvalue weighted by Crippen LogP contribution is -2.34. The molecular weight excluding hydrogens is 244 g/mol. The van der Waals surface area contributed by atoms with Crippen molar-refractivity contribution < 1.29 is 14.3 Å². The number of rotatable bonds is 7. The van der Waals surface area contributed by atoms with Gasteiger partial charge in [0.25, 0.3) is 5.91 Å². The predicted octanol–water partition coefficient (Wildman–Crippen LogP) is 1.55. The van der Waals surface area contributed by atoms with E-state index in [-0.39, 0.29) is 5.91 Å². The summed E-state index contributed by atoms with van der Waals surface area (Å²) in [5.41, 5.74) is 6.77. The van der Waals surface area contributed by atoms with Gasteiger partial charge in [0.05, 0.1) is 19.4 Å². The Bertz CT molecular complexity index is 446. The maximum atomic E-state index is 12.3. The molecule has 0 saturated carbocycles. The molecule has 1 aromatic rings. The summed E-state index contributed by atoms with van der Waals surface area (Å²) in [7, 11) is 3.14. The van der Waals surface area contributed by atoms with E-state index in [2.05, 4.69) is 6.58 Å². The Morgan fingerprint density at radius 2 is 2.21 bits per heavy atom. The van der Waals surface area contributed by atoms with Crippen molar-refractivity contribution in [2.45, 2.75) is 0 Å². The lowest BCUT2D eigenvalue weighted by atomic mass is 10.1. The SMILES string of the molecule is C=CCN(CCOC)C(=O)c1ccc(OC)c(N)c1. The summed E-state index contributed by atoms with van der Waals surface area (Å²) in [5, 5.41) is 0. The van der Waals surface area contributed by atoms with Crippen molar-refractivity contribution in [3.8, 4) is 5.75 Å². The van der Waals surface area contributed by atoms with Crippen molar-refractivity contribution in [1.29, 1.82) is 0 Å². The van der Waals surface area contributed by atoms with E-state index in [0.29, 0.717) is 36.7 Å². The van der Waals surface area contributed by atoms with Crippen LogP contribution >= 0.6 is 0 Å². The number of carbonyl (C=O) groups excluding carboxylic acids is 1. The van der Waals surface area contributed by atoms with Gasteiger partial charge in [-0.3, -0.25) is 4.79 Å². The fourth-order valence-corrected chi connectivity index (χ4v) is 1.68. The minimum absolute atomic E-state index is 0.105. The van der Waals surface area contributed by atoms with Crippen LogP contribution in [0.4, 0.5) is 5.69 Å². The molecule has 0 aromatic heterocycles. The molecule has 0 fully saturated rings. The van der Waals surface area contributed by atoms with Crippen LogP contribution < -0.4 is 10.5 Å². The molecule has 0 saturated heterocycles. The Hall–Kier alpha value is -2.01. The number of methoxy groups -OCH3 is 2. The zero-order chi connectivity index (χ0) is 14.3. The minimum Gasteiger partial charge on any atom is -0.495 e. The number of nitrogens with zero attached hydrogens (tertiary/aromatic N) is 1. The third kappa shape index (κ3) is 3.99. The third-order valence-corrected chi connectivity index (χ3v) is 2.68. The topological polar surface area (TPSA) is 64.8 Å². The summed E-state index contributed by atoms with van der Waals surface area (Å²) in [4.78, 5) is 14.0. The molecule has 1 rings (SSSR count). The molecule has 19 heavy (non-hydrogen) atoms. The predicted molar refractivity (Wildman–Crippen MR) is 75.4 cm³/mol. The highest BCUT2D eigenvalue weighted by atomic mass is 16.5. The first kappa shape index (κ1) is 15.0. The number of amides is 1. The molecular formula is C14H20N2O3. The van der Waals surface area contributed by atoms with E-state index < -0.39 is 0 Å². The lowest BCUT2D eigenvalue weighted by molar-refractivity contribution is 0.0718. The number of carbonyl (C=O) groups is 1. The van der Waals surface area contributed by atoms with E-state index in [4.69, 9.17) is 15.2 Å². The molecule has 0 heterocycles. The first-order valence-electron chi connectivity index (χ1n) is 5.96. The number of anilines is 1. The fraction of sp³-hybridized carbons (Fsp3) is 0.357. The van der Waals surface area contributed by atoms with Crippen LogP contribution in [-0.2, 0) is 4.74 Å². The first-order valence-corrected chi connectivity index (χ1v) is 5.96. The van der Waals surface area contributed by atoms with Crippen LogP contribution in [0.25, 0.3) is 0 Å². The summed E-state index contributed by atoms with van der Waals surface area (Å²) in [6.45, 7) is 5.10. The molecule has 5 nitrogen and oxygen atoms in total. The maximum absolute atomic E-state index is 12.3. The minimum atomic E-state index is -0.105. The maximum Gasteiger partial charge on any atom is 0.254 e. The quantitative estimate of drug-likeness (QED) is 0.599. The van der Waals surface area contributed by atoms with Gasteiger partial charge >= 0.3 is 0 Å². The molecule has 0 aliphatic heterocycles. The molecule has 5 heteroatoms. The second-order valence-corrected chi connectivity index (χ2v) is 3.99. The summed E-state index contributed by atoms with van der Waals surface area (Å²) >= 11 is 0. The Balaban J connectivity index is 2.89. The van der Waals surface area contributed by atoms with E-state index >= 15 is 0 Å². The van der Waals surface area contributed by atoms with Crippen LogP contribution in [0.2, 0.25) is 0 Å². The molecule has 0 unspecified atom stereocenters. The van der Waals surface area contributed by atoms with Crippen LogP contribution in [0.1, 0.15) is 10.4 Å². The van der Waals surface area contributed by atoms with Gasteiger partial charge in [0.2, 0.25) is 0 Å². The Kier molecular flexibility index (Phi) is 5.89. The normalized spacial score (nSPS) is 10.0. The molecule has 2 N–H and O–H groups in total. The molecule has 104 valence electrons. The second kappa shape index (κ2) is 7.43. The van der Waals surface area contributed by atoms with Crippen LogP contribution in [0.15, 0.2) is 30.9 Å². The van der Waals surface area contributed by atoms with E-state index in [0.717, 1.165) is 0 Å². The van der Waals surface area contributed by atoms with Crippen LogP contribution in [0.5, 0.6) is 5.75 Å². The summed E-state index contributed by atoms with van der Waals surface area (Å²) in [6, 6.07) is 5.00. The largest absolute Gasteiger partial charge is 0.495 e.